The fourth-order valence-electron chi connectivity index (χ4n) is 3.17. The molecule has 0 spiro atoms. The van der Waals surface area contributed by atoms with Gasteiger partial charge in [-0.2, -0.15) is 0 Å². The van der Waals surface area contributed by atoms with Crippen LogP contribution >= 0.6 is 0 Å². The van der Waals surface area contributed by atoms with Crippen LogP contribution in [0.25, 0.3) is 0 Å². The van der Waals surface area contributed by atoms with Crippen molar-refractivity contribution < 1.29 is 0 Å². The van der Waals surface area contributed by atoms with Crippen molar-refractivity contribution in [1.29, 1.82) is 0 Å². The third-order valence-corrected chi connectivity index (χ3v) is 4.41. The van der Waals surface area contributed by atoms with Gasteiger partial charge in [0, 0.05) is 18.1 Å². The highest BCUT2D eigenvalue weighted by atomic mass is 15.0. The summed E-state index contributed by atoms with van der Waals surface area (Å²) in [4.78, 5) is 0. The Balaban J connectivity index is 1.80. The molecule has 2 heteroatoms. The lowest BCUT2D eigenvalue weighted by atomic mass is 10.0. The van der Waals surface area contributed by atoms with Crippen molar-refractivity contribution in [3.63, 3.8) is 0 Å². The van der Waals surface area contributed by atoms with E-state index in [9.17, 15) is 0 Å². The maximum absolute atomic E-state index is 3.74. The molecule has 1 fully saturated rings. The summed E-state index contributed by atoms with van der Waals surface area (Å²) in [6.45, 7) is 7.92. The van der Waals surface area contributed by atoms with Gasteiger partial charge in [-0.3, -0.25) is 0 Å². The number of aryl methyl sites for hydroxylation is 1. The minimum atomic E-state index is 0.427. The predicted molar refractivity (Wildman–Crippen MR) is 87.1 cm³/mol. The van der Waals surface area contributed by atoms with E-state index >= 15 is 0 Å². The van der Waals surface area contributed by atoms with E-state index < -0.39 is 0 Å². The first-order valence-corrected chi connectivity index (χ1v) is 8.21. The fourth-order valence-corrected chi connectivity index (χ4v) is 3.17. The lowest BCUT2D eigenvalue weighted by molar-refractivity contribution is 0.380. The number of hydrogen-bond acceptors (Lipinski definition) is 2. The van der Waals surface area contributed by atoms with Crippen LogP contribution in [-0.4, -0.2) is 18.6 Å². The Morgan fingerprint density at radius 2 is 1.90 bits per heavy atom. The molecule has 0 aromatic heterocycles. The monoisotopic (exact) mass is 274 g/mol. The summed E-state index contributed by atoms with van der Waals surface area (Å²) in [5.74, 6) is 0. The van der Waals surface area contributed by atoms with Crippen LogP contribution in [0.4, 0.5) is 0 Å². The van der Waals surface area contributed by atoms with Gasteiger partial charge in [0.1, 0.15) is 0 Å². The average Bonchev–Trinajstić information content (AvgIpc) is 2.68. The quantitative estimate of drug-likeness (QED) is 0.849. The van der Waals surface area contributed by atoms with E-state index in [1.165, 1.54) is 49.8 Å². The van der Waals surface area contributed by atoms with Crippen LogP contribution in [0.1, 0.15) is 63.1 Å². The van der Waals surface area contributed by atoms with E-state index in [0.717, 1.165) is 0 Å². The normalized spacial score (nSPS) is 23.1. The smallest absolute Gasteiger partial charge is 0.0294 e. The molecule has 0 amide bonds. The van der Waals surface area contributed by atoms with E-state index in [1.807, 2.05) is 0 Å². The third-order valence-electron chi connectivity index (χ3n) is 4.41. The first-order chi connectivity index (χ1) is 9.65. The first kappa shape index (κ1) is 15.5. The SMILES string of the molecule is Cc1ccc([C@H](C)NC(C)CC2CCCCCN2)cc1. The maximum Gasteiger partial charge on any atom is 0.0294 e. The zero-order valence-corrected chi connectivity index (χ0v) is 13.3. The molecule has 1 aliphatic heterocycles. The molecule has 0 saturated carbocycles. The molecule has 2 nitrogen and oxygen atoms in total. The van der Waals surface area contributed by atoms with Crippen molar-refractivity contribution in [2.45, 2.75) is 71.0 Å². The molecule has 0 bridgehead atoms. The standard InChI is InChI=1S/C18H30N2/c1-14-8-10-17(11-9-14)16(3)20-15(2)13-18-7-5-4-6-12-19-18/h8-11,15-16,18-20H,4-7,12-13H2,1-3H3/t15?,16-,18?/m0/s1. The fraction of sp³-hybridized carbons (Fsp3) is 0.667. The summed E-state index contributed by atoms with van der Waals surface area (Å²) in [5, 5.41) is 7.44. The molecule has 2 unspecified atom stereocenters. The highest BCUT2D eigenvalue weighted by Gasteiger charge is 2.16. The van der Waals surface area contributed by atoms with Crippen molar-refractivity contribution in [2.24, 2.45) is 0 Å². The van der Waals surface area contributed by atoms with Gasteiger partial charge in [-0.15, -0.1) is 0 Å². The molecular formula is C18H30N2. The van der Waals surface area contributed by atoms with E-state index in [4.69, 9.17) is 0 Å². The van der Waals surface area contributed by atoms with Crippen LogP contribution in [0.3, 0.4) is 0 Å². The van der Waals surface area contributed by atoms with E-state index in [1.54, 1.807) is 0 Å². The van der Waals surface area contributed by atoms with E-state index in [0.29, 0.717) is 18.1 Å². The second kappa shape index (κ2) is 7.80. The van der Waals surface area contributed by atoms with Crippen molar-refractivity contribution in [1.82, 2.24) is 10.6 Å². The van der Waals surface area contributed by atoms with Gasteiger partial charge in [0.25, 0.3) is 0 Å². The largest absolute Gasteiger partial charge is 0.314 e. The lowest BCUT2D eigenvalue weighted by Gasteiger charge is -2.25. The summed E-state index contributed by atoms with van der Waals surface area (Å²) >= 11 is 0. The number of rotatable bonds is 5. The van der Waals surface area contributed by atoms with Crippen LogP contribution < -0.4 is 10.6 Å². The highest BCUT2D eigenvalue weighted by Crippen LogP contribution is 2.17. The molecule has 0 aliphatic carbocycles. The van der Waals surface area contributed by atoms with Crippen LogP contribution in [0, 0.1) is 6.92 Å². The number of nitrogens with one attached hydrogen (secondary N) is 2. The molecule has 1 saturated heterocycles. The van der Waals surface area contributed by atoms with Gasteiger partial charge in [0.05, 0.1) is 0 Å². The summed E-state index contributed by atoms with van der Waals surface area (Å²) in [6, 6.07) is 10.6. The molecule has 2 N–H and O–H groups in total. The second-order valence-electron chi connectivity index (χ2n) is 6.44. The Hall–Kier alpha value is -0.860. The molecular weight excluding hydrogens is 244 g/mol. The third kappa shape index (κ3) is 4.92. The summed E-state index contributed by atoms with van der Waals surface area (Å²) in [7, 11) is 0. The van der Waals surface area contributed by atoms with Crippen molar-refractivity contribution in [2.75, 3.05) is 6.54 Å². The minimum Gasteiger partial charge on any atom is -0.314 e. The number of benzene rings is 1. The van der Waals surface area contributed by atoms with Gasteiger partial charge >= 0.3 is 0 Å². The van der Waals surface area contributed by atoms with Crippen molar-refractivity contribution in [3.05, 3.63) is 35.4 Å². The second-order valence-corrected chi connectivity index (χ2v) is 6.44. The Bertz CT molecular complexity index is 377. The molecule has 2 rings (SSSR count). The average molecular weight is 274 g/mol. The lowest BCUT2D eigenvalue weighted by Crippen LogP contribution is -2.37. The Labute approximate surface area is 124 Å². The van der Waals surface area contributed by atoms with Crippen LogP contribution in [0.5, 0.6) is 0 Å². The first-order valence-electron chi connectivity index (χ1n) is 8.21. The van der Waals surface area contributed by atoms with Gasteiger partial charge in [-0.1, -0.05) is 42.7 Å². The molecule has 1 aliphatic rings. The molecule has 1 heterocycles. The number of hydrogen-bond donors (Lipinski definition) is 2. The van der Waals surface area contributed by atoms with Crippen LogP contribution in [0.2, 0.25) is 0 Å². The Morgan fingerprint density at radius 3 is 2.65 bits per heavy atom. The molecule has 3 atom stereocenters. The minimum absolute atomic E-state index is 0.427. The van der Waals surface area contributed by atoms with Gasteiger partial charge in [0.15, 0.2) is 0 Å². The molecule has 0 radical (unpaired) electrons. The highest BCUT2D eigenvalue weighted by molar-refractivity contribution is 5.23. The van der Waals surface area contributed by atoms with Crippen LogP contribution in [0.15, 0.2) is 24.3 Å². The maximum atomic E-state index is 3.74. The van der Waals surface area contributed by atoms with Gasteiger partial charge in [-0.05, 0) is 52.1 Å². The zero-order chi connectivity index (χ0) is 14.4. The van der Waals surface area contributed by atoms with Gasteiger partial charge < -0.3 is 10.6 Å². The van der Waals surface area contributed by atoms with E-state index in [-0.39, 0.29) is 0 Å². The van der Waals surface area contributed by atoms with E-state index in [2.05, 4.69) is 55.7 Å². The molecule has 1 aromatic carbocycles. The summed E-state index contributed by atoms with van der Waals surface area (Å²) in [6.07, 6.45) is 6.70. The zero-order valence-electron chi connectivity index (χ0n) is 13.3. The topological polar surface area (TPSA) is 24.1 Å². The molecule has 1 aromatic rings. The van der Waals surface area contributed by atoms with Crippen molar-refractivity contribution >= 4 is 0 Å². The Morgan fingerprint density at radius 1 is 1.15 bits per heavy atom. The van der Waals surface area contributed by atoms with Gasteiger partial charge in [-0.25, -0.2) is 0 Å². The van der Waals surface area contributed by atoms with Crippen molar-refractivity contribution in [3.8, 4) is 0 Å². The Kier molecular flexibility index (Phi) is 6.06. The van der Waals surface area contributed by atoms with Gasteiger partial charge in [0.2, 0.25) is 0 Å². The summed E-state index contributed by atoms with van der Waals surface area (Å²) < 4.78 is 0. The predicted octanol–water partition coefficient (Wildman–Crippen LogP) is 3.96. The van der Waals surface area contributed by atoms with Crippen LogP contribution in [-0.2, 0) is 0 Å². The molecule has 20 heavy (non-hydrogen) atoms. The summed E-state index contributed by atoms with van der Waals surface area (Å²) in [5.41, 5.74) is 2.72. The molecule has 112 valence electrons.